The van der Waals surface area contributed by atoms with Crippen molar-refractivity contribution in [3.63, 3.8) is 0 Å². The first-order chi connectivity index (χ1) is 7.77. The second kappa shape index (κ2) is 8.04. The van der Waals surface area contributed by atoms with Gasteiger partial charge in [-0.3, -0.25) is 4.90 Å². The molecular formula is C13H28N2O. The second-order valence-corrected chi connectivity index (χ2v) is 4.95. The molecule has 16 heavy (non-hydrogen) atoms. The number of nitrogens with two attached hydrogens (primary N) is 1. The van der Waals surface area contributed by atoms with Crippen molar-refractivity contribution < 1.29 is 4.74 Å². The third-order valence-electron chi connectivity index (χ3n) is 3.78. The Morgan fingerprint density at radius 3 is 2.56 bits per heavy atom. The van der Waals surface area contributed by atoms with Crippen molar-refractivity contribution in [2.24, 2.45) is 11.7 Å². The molecule has 0 aromatic rings. The first-order valence-electron chi connectivity index (χ1n) is 6.74. The van der Waals surface area contributed by atoms with Gasteiger partial charge in [-0.25, -0.2) is 0 Å². The lowest BCUT2D eigenvalue weighted by Crippen LogP contribution is -2.43. The third-order valence-corrected chi connectivity index (χ3v) is 3.78. The van der Waals surface area contributed by atoms with Crippen LogP contribution in [0.15, 0.2) is 0 Å². The van der Waals surface area contributed by atoms with E-state index in [1.54, 1.807) is 7.11 Å². The van der Waals surface area contributed by atoms with Crippen molar-refractivity contribution >= 4 is 0 Å². The summed E-state index contributed by atoms with van der Waals surface area (Å²) >= 11 is 0. The normalized spacial score (nSPS) is 20.2. The summed E-state index contributed by atoms with van der Waals surface area (Å²) in [7, 11) is 1.76. The first-order valence-corrected chi connectivity index (χ1v) is 6.74. The summed E-state index contributed by atoms with van der Waals surface area (Å²) in [6, 6.07) is 0.358. The van der Waals surface area contributed by atoms with Crippen molar-refractivity contribution in [2.75, 3.05) is 33.4 Å². The van der Waals surface area contributed by atoms with E-state index >= 15 is 0 Å². The van der Waals surface area contributed by atoms with E-state index < -0.39 is 0 Å². The van der Waals surface area contributed by atoms with Crippen molar-refractivity contribution in [2.45, 2.75) is 45.1 Å². The van der Waals surface area contributed by atoms with Crippen molar-refractivity contribution in [1.29, 1.82) is 0 Å². The maximum absolute atomic E-state index is 6.31. The van der Waals surface area contributed by atoms with Gasteiger partial charge in [0.1, 0.15) is 0 Å². The van der Waals surface area contributed by atoms with E-state index in [-0.39, 0.29) is 0 Å². The molecule has 96 valence electrons. The maximum atomic E-state index is 6.31. The zero-order chi connectivity index (χ0) is 11.8. The van der Waals surface area contributed by atoms with E-state index in [9.17, 15) is 0 Å². The van der Waals surface area contributed by atoms with Crippen LogP contribution in [0.2, 0.25) is 0 Å². The minimum absolute atomic E-state index is 0.358. The fourth-order valence-electron chi connectivity index (χ4n) is 2.61. The van der Waals surface area contributed by atoms with Gasteiger partial charge in [0, 0.05) is 26.2 Å². The molecule has 0 radical (unpaired) electrons. The molecule has 0 aromatic carbocycles. The number of nitrogens with zero attached hydrogens (tertiary/aromatic N) is 1. The minimum atomic E-state index is 0.358. The molecule has 1 rings (SSSR count). The number of hydrogen-bond donors (Lipinski definition) is 1. The van der Waals surface area contributed by atoms with Crippen LogP contribution in [-0.4, -0.2) is 44.3 Å². The fourth-order valence-corrected chi connectivity index (χ4v) is 2.61. The summed E-state index contributed by atoms with van der Waals surface area (Å²) in [6.07, 6.45) is 6.83. The van der Waals surface area contributed by atoms with Gasteiger partial charge in [0.05, 0.1) is 6.61 Å². The van der Waals surface area contributed by atoms with E-state index in [1.165, 1.54) is 32.1 Å². The molecule has 0 saturated heterocycles. The van der Waals surface area contributed by atoms with Crippen molar-refractivity contribution in [3.8, 4) is 0 Å². The molecule has 2 N–H and O–H groups in total. The highest BCUT2D eigenvalue weighted by Gasteiger charge is 2.21. The predicted molar refractivity (Wildman–Crippen MR) is 68.5 cm³/mol. The van der Waals surface area contributed by atoms with Gasteiger partial charge in [0.2, 0.25) is 0 Å². The quantitative estimate of drug-likeness (QED) is 0.723. The summed E-state index contributed by atoms with van der Waals surface area (Å²) < 4.78 is 5.12. The second-order valence-electron chi connectivity index (χ2n) is 4.95. The average Bonchev–Trinajstić information content (AvgIpc) is 2.35. The van der Waals surface area contributed by atoms with E-state index in [0.29, 0.717) is 6.04 Å². The Morgan fingerprint density at radius 2 is 2.00 bits per heavy atom. The molecule has 1 saturated carbocycles. The van der Waals surface area contributed by atoms with Crippen LogP contribution < -0.4 is 5.73 Å². The zero-order valence-electron chi connectivity index (χ0n) is 11.0. The Labute approximate surface area is 100 Å². The topological polar surface area (TPSA) is 38.5 Å². The largest absolute Gasteiger partial charge is 0.383 e. The molecule has 0 spiro atoms. The number of likely N-dealkylation sites (N-methyl/N-ethyl adjacent to an activating group) is 1. The molecule has 0 aromatic heterocycles. The molecule has 1 unspecified atom stereocenters. The molecule has 0 amide bonds. The highest BCUT2D eigenvalue weighted by molar-refractivity contribution is 4.79. The standard InChI is InChI=1S/C13H28N2O/c1-3-15(9-10-16-2)11-13(14)12-7-5-4-6-8-12/h12-13H,3-11,14H2,1-2H3. The average molecular weight is 228 g/mol. The molecule has 0 aliphatic heterocycles. The summed E-state index contributed by atoms with van der Waals surface area (Å²) in [6.45, 7) is 6.12. The van der Waals surface area contributed by atoms with Crippen molar-refractivity contribution in [1.82, 2.24) is 4.90 Å². The molecule has 3 heteroatoms. The molecule has 0 heterocycles. The first kappa shape index (κ1) is 13.9. The summed E-state index contributed by atoms with van der Waals surface area (Å²) in [5.41, 5.74) is 6.31. The molecule has 1 aliphatic carbocycles. The number of ether oxygens (including phenoxy) is 1. The Bertz CT molecular complexity index is 169. The van der Waals surface area contributed by atoms with Gasteiger partial charge < -0.3 is 10.5 Å². The zero-order valence-corrected chi connectivity index (χ0v) is 11.0. The van der Waals surface area contributed by atoms with Crippen LogP contribution >= 0.6 is 0 Å². The van der Waals surface area contributed by atoms with Gasteiger partial charge in [-0.1, -0.05) is 26.2 Å². The van der Waals surface area contributed by atoms with Crippen LogP contribution in [0.5, 0.6) is 0 Å². The van der Waals surface area contributed by atoms with Crippen LogP contribution in [0.1, 0.15) is 39.0 Å². The molecular weight excluding hydrogens is 200 g/mol. The van der Waals surface area contributed by atoms with E-state index in [0.717, 1.165) is 32.2 Å². The van der Waals surface area contributed by atoms with Gasteiger partial charge >= 0.3 is 0 Å². The molecule has 0 bridgehead atoms. The minimum Gasteiger partial charge on any atom is -0.383 e. The summed E-state index contributed by atoms with van der Waals surface area (Å²) in [4.78, 5) is 2.41. The van der Waals surface area contributed by atoms with Gasteiger partial charge in [0.15, 0.2) is 0 Å². The number of methoxy groups -OCH3 is 1. The third kappa shape index (κ3) is 4.81. The molecule has 1 atom stereocenters. The molecule has 3 nitrogen and oxygen atoms in total. The number of rotatable bonds is 7. The van der Waals surface area contributed by atoms with Crippen LogP contribution in [0.3, 0.4) is 0 Å². The van der Waals surface area contributed by atoms with E-state index in [2.05, 4.69) is 11.8 Å². The monoisotopic (exact) mass is 228 g/mol. The van der Waals surface area contributed by atoms with E-state index in [1.807, 2.05) is 0 Å². The molecule has 1 fully saturated rings. The van der Waals surface area contributed by atoms with Gasteiger partial charge in [0.25, 0.3) is 0 Å². The molecule has 1 aliphatic rings. The smallest absolute Gasteiger partial charge is 0.0589 e. The highest BCUT2D eigenvalue weighted by atomic mass is 16.5. The highest BCUT2D eigenvalue weighted by Crippen LogP contribution is 2.25. The lowest BCUT2D eigenvalue weighted by Gasteiger charge is -2.31. The van der Waals surface area contributed by atoms with Gasteiger partial charge in [-0.2, -0.15) is 0 Å². The Morgan fingerprint density at radius 1 is 1.31 bits per heavy atom. The lowest BCUT2D eigenvalue weighted by atomic mass is 9.84. The van der Waals surface area contributed by atoms with Crippen LogP contribution in [0, 0.1) is 5.92 Å². The van der Waals surface area contributed by atoms with Gasteiger partial charge in [-0.15, -0.1) is 0 Å². The maximum Gasteiger partial charge on any atom is 0.0589 e. The Hall–Kier alpha value is -0.120. The Kier molecular flexibility index (Phi) is 7.01. The van der Waals surface area contributed by atoms with Crippen LogP contribution in [0.25, 0.3) is 0 Å². The lowest BCUT2D eigenvalue weighted by molar-refractivity contribution is 0.137. The SMILES string of the molecule is CCN(CCOC)CC(N)C1CCCCC1. The van der Waals surface area contributed by atoms with Crippen molar-refractivity contribution in [3.05, 3.63) is 0 Å². The summed E-state index contributed by atoms with van der Waals surface area (Å²) in [5, 5.41) is 0. The van der Waals surface area contributed by atoms with Crippen LogP contribution in [0.4, 0.5) is 0 Å². The van der Waals surface area contributed by atoms with Crippen LogP contribution in [-0.2, 0) is 4.74 Å². The predicted octanol–water partition coefficient (Wildman–Crippen LogP) is 1.86. The van der Waals surface area contributed by atoms with Gasteiger partial charge in [-0.05, 0) is 25.3 Å². The number of hydrogen-bond acceptors (Lipinski definition) is 3. The van der Waals surface area contributed by atoms with E-state index in [4.69, 9.17) is 10.5 Å². The Balaban J connectivity index is 2.26. The fraction of sp³-hybridized carbons (Fsp3) is 1.00. The summed E-state index contributed by atoms with van der Waals surface area (Å²) in [5.74, 6) is 0.755.